The first-order chi connectivity index (χ1) is 4.70. The lowest BCUT2D eigenvalue weighted by molar-refractivity contribution is -0.939. The van der Waals surface area contributed by atoms with Gasteiger partial charge in [0.25, 0.3) is 0 Å². The molecule has 0 aliphatic rings. The Morgan fingerprint density at radius 2 is 2.20 bits per heavy atom. The van der Waals surface area contributed by atoms with Gasteiger partial charge in [0.1, 0.15) is 6.20 Å². The van der Waals surface area contributed by atoms with Crippen LogP contribution in [0.5, 0.6) is 0 Å². The van der Waals surface area contributed by atoms with Crippen molar-refractivity contribution in [2.24, 2.45) is 0 Å². The van der Waals surface area contributed by atoms with Gasteiger partial charge in [0.15, 0.2) is 0 Å². The highest BCUT2D eigenvalue weighted by Gasteiger charge is 1.94. The van der Waals surface area contributed by atoms with Crippen molar-refractivity contribution in [3.05, 3.63) is 36.0 Å². The van der Waals surface area contributed by atoms with E-state index in [1.54, 1.807) is 12.3 Å². The van der Waals surface area contributed by atoms with E-state index < -0.39 is 0 Å². The first kappa shape index (κ1) is 6.93. The zero-order valence-electron chi connectivity index (χ0n) is 6.16. The molecule has 53 valence electrons. The highest BCUT2D eigenvalue weighted by atomic mass is 16.5. The Bertz CT molecular complexity index is 220. The van der Waals surface area contributed by atoms with Crippen molar-refractivity contribution in [2.45, 2.75) is 13.8 Å². The van der Waals surface area contributed by atoms with Crippen molar-refractivity contribution < 1.29 is 9.94 Å². The molecule has 1 aromatic heterocycles. The van der Waals surface area contributed by atoms with Crippen LogP contribution in [0.1, 0.15) is 19.4 Å². The van der Waals surface area contributed by atoms with E-state index >= 15 is 0 Å². The predicted molar refractivity (Wildman–Crippen MR) is 36.4 cm³/mol. The van der Waals surface area contributed by atoms with Crippen LogP contribution >= 0.6 is 0 Å². The molecule has 0 N–H and O–H groups in total. The van der Waals surface area contributed by atoms with Gasteiger partial charge in [0.2, 0.25) is 6.20 Å². The molecular formula is C8H10NO. The summed E-state index contributed by atoms with van der Waals surface area (Å²) in [5, 5.41) is 10.7. The first-order valence-corrected chi connectivity index (χ1v) is 3.19. The summed E-state index contributed by atoms with van der Waals surface area (Å²) in [6, 6.07) is 3.67. The van der Waals surface area contributed by atoms with Gasteiger partial charge >= 0.3 is 0 Å². The Hall–Kier alpha value is -1.18. The molecule has 0 atom stereocenters. The van der Waals surface area contributed by atoms with Gasteiger partial charge in [-0.15, -0.1) is 5.56 Å². The fourth-order valence-electron chi connectivity index (χ4n) is 0.750. The summed E-state index contributed by atoms with van der Waals surface area (Å²) in [5.41, 5.74) is 0.998. The van der Waals surface area contributed by atoms with Crippen molar-refractivity contribution in [3.8, 4) is 0 Å². The molecule has 1 heterocycles. The predicted octanol–water partition coefficient (Wildman–Crippen LogP) is 1.13. The Morgan fingerprint density at radius 3 is 2.60 bits per heavy atom. The van der Waals surface area contributed by atoms with Gasteiger partial charge in [-0.3, -0.25) is 0 Å². The van der Waals surface area contributed by atoms with Crippen molar-refractivity contribution >= 4 is 0 Å². The van der Waals surface area contributed by atoms with Crippen LogP contribution in [-0.4, -0.2) is 0 Å². The second-order valence-electron chi connectivity index (χ2n) is 2.45. The van der Waals surface area contributed by atoms with Gasteiger partial charge in [-0.05, 0) is 6.07 Å². The summed E-state index contributed by atoms with van der Waals surface area (Å²) in [6.07, 6.45) is 3.04. The SMILES string of the molecule is C[C-](C)c1ccc[n+]([O])c1. The number of hydrogen-bond donors (Lipinski definition) is 0. The molecule has 10 heavy (non-hydrogen) atoms. The monoisotopic (exact) mass is 136 g/mol. The summed E-state index contributed by atoms with van der Waals surface area (Å²) in [4.78, 5) is 0. The van der Waals surface area contributed by atoms with E-state index in [-0.39, 0.29) is 0 Å². The van der Waals surface area contributed by atoms with E-state index in [4.69, 9.17) is 0 Å². The fraction of sp³-hybridized carbons (Fsp3) is 0.250. The maximum Gasteiger partial charge on any atom is 0.201 e. The Labute approximate surface area is 60.7 Å². The average Bonchev–Trinajstić information content (AvgIpc) is 1.88. The average molecular weight is 136 g/mol. The van der Waals surface area contributed by atoms with Crippen molar-refractivity contribution in [1.29, 1.82) is 0 Å². The van der Waals surface area contributed by atoms with E-state index in [2.05, 4.69) is 0 Å². The lowest BCUT2D eigenvalue weighted by Gasteiger charge is -2.09. The molecule has 0 fully saturated rings. The van der Waals surface area contributed by atoms with Crippen molar-refractivity contribution in [2.75, 3.05) is 0 Å². The summed E-state index contributed by atoms with van der Waals surface area (Å²) in [6.45, 7) is 3.96. The molecule has 0 aliphatic carbocycles. The summed E-state index contributed by atoms with van der Waals surface area (Å²) < 4.78 is 0.808. The maximum absolute atomic E-state index is 10.7. The quantitative estimate of drug-likeness (QED) is 0.408. The molecular weight excluding hydrogens is 126 g/mol. The van der Waals surface area contributed by atoms with Crippen LogP contribution in [-0.2, 0) is 5.21 Å². The topological polar surface area (TPSA) is 23.8 Å². The van der Waals surface area contributed by atoms with Crippen LogP contribution in [0.15, 0.2) is 24.5 Å². The number of pyridine rings is 1. The second kappa shape index (κ2) is 2.60. The van der Waals surface area contributed by atoms with E-state index in [9.17, 15) is 5.21 Å². The number of aromatic nitrogens is 1. The molecule has 0 aliphatic heterocycles. The van der Waals surface area contributed by atoms with E-state index in [1.807, 2.05) is 19.9 Å². The van der Waals surface area contributed by atoms with Gasteiger partial charge in [0.05, 0.1) is 0 Å². The number of nitrogens with zero attached hydrogens (tertiary/aromatic N) is 1. The lowest BCUT2D eigenvalue weighted by Crippen LogP contribution is -2.26. The van der Waals surface area contributed by atoms with Gasteiger partial charge in [-0.1, -0.05) is 13.8 Å². The molecule has 1 radical (unpaired) electrons. The zero-order valence-corrected chi connectivity index (χ0v) is 6.16. The molecule has 1 rings (SSSR count). The molecule has 0 saturated heterocycles. The zero-order chi connectivity index (χ0) is 7.56. The van der Waals surface area contributed by atoms with E-state index in [0.29, 0.717) is 0 Å². The highest BCUT2D eigenvalue weighted by Crippen LogP contribution is 2.08. The van der Waals surface area contributed by atoms with Crippen LogP contribution in [0, 0.1) is 5.92 Å². The summed E-state index contributed by atoms with van der Waals surface area (Å²) in [7, 11) is 0. The fourth-order valence-corrected chi connectivity index (χ4v) is 0.750. The standard InChI is InChI=1S/C8H10NO/c1-7(2)8-4-3-5-9(10)6-8/h3-6H,1-2H3. The van der Waals surface area contributed by atoms with Gasteiger partial charge in [0, 0.05) is 9.94 Å². The van der Waals surface area contributed by atoms with Gasteiger partial charge < -0.3 is 0 Å². The Morgan fingerprint density at radius 1 is 1.50 bits per heavy atom. The van der Waals surface area contributed by atoms with Crippen LogP contribution in [0.4, 0.5) is 0 Å². The number of hydrogen-bond acceptors (Lipinski definition) is 0. The normalized spacial score (nSPS) is 9.40. The van der Waals surface area contributed by atoms with Crippen LogP contribution in [0.3, 0.4) is 0 Å². The molecule has 2 nitrogen and oxygen atoms in total. The highest BCUT2D eigenvalue weighted by molar-refractivity contribution is 5.21. The smallest absolute Gasteiger partial charge is 0.170 e. The maximum atomic E-state index is 10.7. The van der Waals surface area contributed by atoms with Crippen molar-refractivity contribution in [3.63, 3.8) is 0 Å². The second-order valence-corrected chi connectivity index (χ2v) is 2.45. The third-order valence-corrected chi connectivity index (χ3v) is 1.35. The molecule has 0 bridgehead atoms. The lowest BCUT2D eigenvalue weighted by atomic mass is 10.1. The van der Waals surface area contributed by atoms with Crippen LogP contribution in [0.25, 0.3) is 0 Å². The molecule has 1 aromatic rings. The first-order valence-electron chi connectivity index (χ1n) is 3.19. The van der Waals surface area contributed by atoms with E-state index in [0.717, 1.165) is 16.2 Å². The van der Waals surface area contributed by atoms with Crippen LogP contribution in [0.2, 0.25) is 0 Å². The Balaban J connectivity index is 2.96. The molecule has 0 aromatic carbocycles. The molecule has 2 heteroatoms. The minimum atomic E-state index is 0.808. The molecule has 0 unspecified atom stereocenters. The third kappa shape index (κ3) is 1.41. The number of rotatable bonds is 1. The van der Waals surface area contributed by atoms with Gasteiger partial charge in [-0.25, -0.2) is 0 Å². The van der Waals surface area contributed by atoms with Crippen LogP contribution < -0.4 is 4.73 Å². The summed E-state index contributed by atoms with van der Waals surface area (Å²) >= 11 is 0. The van der Waals surface area contributed by atoms with Crippen molar-refractivity contribution in [1.82, 2.24) is 0 Å². The summed E-state index contributed by atoms with van der Waals surface area (Å²) in [5.74, 6) is 1.16. The minimum absolute atomic E-state index is 0.808. The Kier molecular flexibility index (Phi) is 1.81. The minimum Gasteiger partial charge on any atom is -0.170 e. The van der Waals surface area contributed by atoms with E-state index in [1.165, 1.54) is 6.20 Å². The van der Waals surface area contributed by atoms with Gasteiger partial charge in [-0.2, -0.15) is 12.0 Å². The molecule has 0 spiro atoms. The molecule has 0 saturated carbocycles. The molecule has 0 amide bonds. The third-order valence-electron chi connectivity index (χ3n) is 1.35. The largest absolute Gasteiger partial charge is 0.201 e.